The number of hydrogen-bond acceptors (Lipinski definition) is 2. The smallest absolute Gasteiger partial charge is 0.144 e. The molecule has 0 aliphatic carbocycles. The number of rotatable bonds is 0. The summed E-state index contributed by atoms with van der Waals surface area (Å²) in [5.74, 6) is 0.0738. The van der Waals surface area contributed by atoms with E-state index in [1.807, 2.05) is 0 Å². The van der Waals surface area contributed by atoms with E-state index in [4.69, 9.17) is 10.00 Å². The van der Waals surface area contributed by atoms with E-state index >= 15 is 0 Å². The molecule has 0 saturated heterocycles. The fourth-order valence-electron chi connectivity index (χ4n) is 1.29. The molecule has 0 saturated carbocycles. The van der Waals surface area contributed by atoms with Crippen molar-refractivity contribution in [1.29, 1.82) is 5.26 Å². The van der Waals surface area contributed by atoms with Gasteiger partial charge < -0.3 is 4.74 Å². The Bertz CT molecular complexity index is 367. The van der Waals surface area contributed by atoms with Gasteiger partial charge in [-0.2, -0.15) is 5.26 Å². The predicted molar refractivity (Wildman–Crippen MR) is 40.3 cm³/mol. The molecule has 3 heteroatoms. The van der Waals surface area contributed by atoms with Crippen LogP contribution in [0.4, 0.5) is 4.39 Å². The number of nitrogens with zero attached hydrogens (tertiary/aromatic N) is 1. The van der Waals surface area contributed by atoms with Gasteiger partial charge in [-0.25, -0.2) is 4.39 Å². The van der Waals surface area contributed by atoms with Crippen molar-refractivity contribution in [1.82, 2.24) is 0 Å². The molecule has 0 aromatic heterocycles. The van der Waals surface area contributed by atoms with Crippen LogP contribution in [0.25, 0.3) is 0 Å². The number of ether oxygens (including phenoxy) is 1. The number of benzene rings is 1. The molecular weight excluding hydrogens is 157 g/mol. The van der Waals surface area contributed by atoms with Gasteiger partial charge in [0.15, 0.2) is 0 Å². The first-order valence-corrected chi connectivity index (χ1v) is 3.66. The lowest BCUT2D eigenvalue weighted by Gasteiger charge is -1.98. The molecule has 1 aliphatic rings. The van der Waals surface area contributed by atoms with Gasteiger partial charge >= 0.3 is 0 Å². The number of halogens is 1. The molecule has 0 radical (unpaired) electrons. The number of fused-ring (bicyclic) bond motifs is 1. The van der Waals surface area contributed by atoms with E-state index in [9.17, 15) is 4.39 Å². The van der Waals surface area contributed by atoms with Crippen LogP contribution in [0.3, 0.4) is 0 Å². The highest BCUT2D eigenvalue weighted by Crippen LogP contribution is 2.27. The van der Waals surface area contributed by atoms with Crippen LogP contribution in [-0.4, -0.2) is 6.61 Å². The van der Waals surface area contributed by atoms with Crippen molar-refractivity contribution in [3.63, 3.8) is 0 Å². The molecule has 0 spiro atoms. The number of nitriles is 1. The Labute approximate surface area is 69.2 Å². The molecule has 0 fully saturated rings. The van der Waals surface area contributed by atoms with E-state index in [1.165, 1.54) is 6.07 Å². The first kappa shape index (κ1) is 7.11. The zero-order valence-corrected chi connectivity index (χ0v) is 6.30. The highest BCUT2D eigenvalue weighted by molar-refractivity contribution is 5.44. The molecule has 0 bridgehead atoms. The van der Waals surface area contributed by atoms with Gasteiger partial charge in [0.05, 0.1) is 12.2 Å². The fraction of sp³-hybridized carbons (Fsp3) is 0.222. The van der Waals surface area contributed by atoms with Crippen LogP contribution in [0.15, 0.2) is 12.1 Å². The Kier molecular flexibility index (Phi) is 1.47. The van der Waals surface area contributed by atoms with Crippen LogP contribution < -0.4 is 4.74 Å². The van der Waals surface area contributed by atoms with Crippen molar-refractivity contribution in [3.05, 3.63) is 29.1 Å². The number of hydrogen-bond donors (Lipinski definition) is 0. The average Bonchev–Trinajstić information content (AvgIpc) is 2.49. The lowest BCUT2D eigenvalue weighted by Crippen LogP contribution is -1.87. The maximum Gasteiger partial charge on any atom is 0.144 e. The summed E-state index contributed by atoms with van der Waals surface area (Å²) in [6, 6.07) is 4.63. The summed E-state index contributed by atoms with van der Waals surface area (Å²) in [4.78, 5) is 0. The summed E-state index contributed by atoms with van der Waals surface area (Å²) < 4.78 is 18.1. The van der Waals surface area contributed by atoms with E-state index < -0.39 is 5.82 Å². The predicted octanol–water partition coefficient (Wildman–Crippen LogP) is 1.63. The van der Waals surface area contributed by atoms with E-state index in [0.29, 0.717) is 12.4 Å². The molecule has 60 valence electrons. The molecule has 1 heterocycles. The summed E-state index contributed by atoms with van der Waals surface area (Å²) >= 11 is 0. The Morgan fingerprint density at radius 3 is 3.08 bits per heavy atom. The summed E-state index contributed by atoms with van der Waals surface area (Å²) in [6.45, 7) is 0.587. The van der Waals surface area contributed by atoms with Crippen LogP contribution >= 0.6 is 0 Å². The van der Waals surface area contributed by atoms with Crippen molar-refractivity contribution >= 4 is 0 Å². The Morgan fingerprint density at radius 2 is 2.33 bits per heavy atom. The van der Waals surface area contributed by atoms with Gasteiger partial charge in [0.25, 0.3) is 0 Å². The van der Waals surface area contributed by atoms with Crippen LogP contribution in [0.1, 0.15) is 11.1 Å². The molecule has 1 aromatic carbocycles. The molecule has 1 aromatic rings. The molecule has 2 rings (SSSR count). The third-order valence-electron chi connectivity index (χ3n) is 1.90. The molecule has 0 N–H and O–H groups in total. The van der Waals surface area contributed by atoms with Gasteiger partial charge in [-0.3, -0.25) is 0 Å². The fourth-order valence-corrected chi connectivity index (χ4v) is 1.29. The molecule has 0 unspecified atom stereocenters. The first-order chi connectivity index (χ1) is 5.81. The van der Waals surface area contributed by atoms with Crippen molar-refractivity contribution in [2.75, 3.05) is 6.61 Å². The van der Waals surface area contributed by atoms with Gasteiger partial charge in [0.2, 0.25) is 0 Å². The summed E-state index contributed by atoms with van der Waals surface area (Å²) in [6.07, 6.45) is 0.768. The van der Waals surface area contributed by atoms with Crippen LogP contribution in [0, 0.1) is 17.1 Å². The van der Waals surface area contributed by atoms with Gasteiger partial charge in [-0.15, -0.1) is 0 Å². The van der Waals surface area contributed by atoms with Crippen LogP contribution in [-0.2, 0) is 6.42 Å². The highest BCUT2D eigenvalue weighted by Gasteiger charge is 2.15. The Balaban J connectivity index is 2.59. The monoisotopic (exact) mass is 163 g/mol. The van der Waals surface area contributed by atoms with Crippen LogP contribution in [0.2, 0.25) is 0 Å². The summed E-state index contributed by atoms with van der Waals surface area (Å²) in [5, 5.41) is 8.52. The molecule has 2 nitrogen and oxygen atoms in total. The summed E-state index contributed by atoms with van der Waals surface area (Å²) in [7, 11) is 0. The highest BCUT2D eigenvalue weighted by atomic mass is 19.1. The largest absolute Gasteiger partial charge is 0.493 e. The minimum Gasteiger partial charge on any atom is -0.493 e. The second-order valence-electron chi connectivity index (χ2n) is 2.65. The Hall–Kier alpha value is -1.56. The van der Waals surface area contributed by atoms with Gasteiger partial charge in [-0.1, -0.05) is 0 Å². The van der Waals surface area contributed by atoms with Crippen molar-refractivity contribution in [2.24, 2.45) is 0 Å². The zero-order valence-electron chi connectivity index (χ0n) is 6.30. The van der Waals surface area contributed by atoms with Gasteiger partial charge in [0, 0.05) is 12.5 Å². The van der Waals surface area contributed by atoms with E-state index in [0.717, 1.165) is 12.0 Å². The molecular formula is C9H6FNO. The SMILES string of the molecule is N#Cc1cc2c(cc1F)OCC2. The van der Waals surface area contributed by atoms with E-state index in [2.05, 4.69) is 0 Å². The third kappa shape index (κ3) is 0.928. The quantitative estimate of drug-likeness (QED) is 0.582. The minimum absolute atomic E-state index is 0.0965. The first-order valence-electron chi connectivity index (χ1n) is 3.66. The molecule has 0 atom stereocenters. The topological polar surface area (TPSA) is 33.0 Å². The second kappa shape index (κ2) is 2.49. The summed E-state index contributed by atoms with van der Waals surface area (Å²) in [5.41, 5.74) is 1.02. The lowest BCUT2D eigenvalue weighted by atomic mass is 10.1. The van der Waals surface area contributed by atoms with Crippen LogP contribution in [0.5, 0.6) is 5.75 Å². The maximum atomic E-state index is 12.9. The van der Waals surface area contributed by atoms with Gasteiger partial charge in [0.1, 0.15) is 17.6 Å². The van der Waals surface area contributed by atoms with E-state index in [-0.39, 0.29) is 5.56 Å². The zero-order chi connectivity index (χ0) is 8.55. The molecule has 1 aliphatic heterocycles. The molecule has 12 heavy (non-hydrogen) atoms. The standard InChI is InChI=1S/C9H6FNO/c10-8-4-9-6(1-2-12-9)3-7(8)5-11/h3-4H,1-2H2. The van der Waals surface area contributed by atoms with Crippen molar-refractivity contribution < 1.29 is 9.13 Å². The van der Waals surface area contributed by atoms with E-state index in [1.54, 1.807) is 12.1 Å². The maximum absolute atomic E-state index is 12.9. The Morgan fingerprint density at radius 1 is 1.50 bits per heavy atom. The third-order valence-corrected chi connectivity index (χ3v) is 1.90. The normalized spacial score (nSPS) is 13.3. The van der Waals surface area contributed by atoms with Crippen molar-refractivity contribution in [3.8, 4) is 11.8 Å². The average molecular weight is 163 g/mol. The minimum atomic E-state index is -0.502. The lowest BCUT2D eigenvalue weighted by molar-refractivity contribution is 0.355. The van der Waals surface area contributed by atoms with Gasteiger partial charge in [-0.05, 0) is 11.6 Å². The molecule has 0 amide bonds. The second-order valence-corrected chi connectivity index (χ2v) is 2.65. The van der Waals surface area contributed by atoms with Crippen molar-refractivity contribution in [2.45, 2.75) is 6.42 Å².